The second kappa shape index (κ2) is 4.78. The normalized spacial score (nSPS) is 11.4. The molecule has 0 fully saturated rings. The molecule has 3 heteroatoms. The van der Waals surface area contributed by atoms with Crippen LogP contribution in [0.15, 0.2) is 12.1 Å². The monoisotopic (exact) mass is 235 g/mol. The van der Waals surface area contributed by atoms with Crippen LogP contribution in [0.3, 0.4) is 0 Å². The Kier molecular flexibility index (Phi) is 3.81. The van der Waals surface area contributed by atoms with Crippen molar-refractivity contribution in [2.75, 3.05) is 6.54 Å². The number of carboxylic acid groups (broad SMARTS) is 1. The lowest BCUT2D eigenvalue weighted by molar-refractivity contribution is 0.192. The van der Waals surface area contributed by atoms with Gasteiger partial charge in [-0.1, -0.05) is 31.5 Å². The van der Waals surface area contributed by atoms with E-state index in [-0.39, 0.29) is 5.41 Å². The topological polar surface area (TPSA) is 49.3 Å². The fourth-order valence-corrected chi connectivity index (χ4v) is 2.63. The zero-order valence-electron chi connectivity index (χ0n) is 11.2. The summed E-state index contributed by atoms with van der Waals surface area (Å²) in [5.41, 5.74) is 4.72. The average Bonchev–Trinajstić information content (AvgIpc) is 2.12. The summed E-state index contributed by atoms with van der Waals surface area (Å²) in [5.74, 6) is 0. The molecule has 0 atom stereocenters. The lowest BCUT2D eigenvalue weighted by Gasteiger charge is -2.29. The number of rotatable bonds is 3. The van der Waals surface area contributed by atoms with Crippen LogP contribution in [-0.2, 0) is 5.41 Å². The van der Waals surface area contributed by atoms with Crippen molar-refractivity contribution in [2.24, 2.45) is 0 Å². The van der Waals surface area contributed by atoms with Crippen LogP contribution in [0.25, 0.3) is 0 Å². The molecule has 0 radical (unpaired) electrons. The van der Waals surface area contributed by atoms with Crippen LogP contribution < -0.4 is 5.32 Å². The van der Waals surface area contributed by atoms with Crippen LogP contribution in [0.1, 0.15) is 36.1 Å². The molecule has 0 saturated heterocycles. The first-order valence-electron chi connectivity index (χ1n) is 5.79. The van der Waals surface area contributed by atoms with E-state index >= 15 is 0 Å². The third kappa shape index (κ3) is 3.22. The summed E-state index contributed by atoms with van der Waals surface area (Å²) < 4.78 is 0. The van der Waals surface area contributed by atoms with E-state index in [1.807, 2.05) is 0 Å². The summed E-state index contributed by atoms with van der Waals surface area (Å²) in [6, 6.07) is 4.29. The molecule has 94 valence electrons. The van der Waals surface area contributed by atoms with Crippen molar-refractivity contribution in [1.29, 1.82) is 0 Å². The van der Waals surface area contributed by atoms with Gasteiger partial charge in [0, 0.05) is 12.0 Å². The van der Waals surface area contributed by atoms with Crippen molar-refractivity contribution in [3.63, 3.8) is 0 Å². The molecule has 0 bridgehead atoms. The van der Waals surface area contributed by atoms with Gasteiger partial charge in [0.2, 0.25) is 0 Å². The first-order chi connectivity index (χ1) is 7.74. The number of carbonyl (C=O) groups is 1. The Bertz CT molecular complexity index is 413. The van der Waals surface area contributed by atoms with E-state index in [9.17, 15) is 4.79 Å². The van der Waals surface area contributed by atoms with Gasteiger partial charge in [0.1, 0.15) is 0 Å². The minimum atomic E-state index is -0.972. The molecule has 0 spiro atoms. The number of amides is 1. The van der Waals surface area contributed by atoms with Crippen molar-refractivity contribution in [1.82, 2.24) is 5.32 Å². The zero-order chi connectivity index (χ0) is 13.2. The summed E-state index contributed by atoms with van der Waals surface area (Å²) in [6.07, 6.45) is -0.972. The predicted octanol–water partition coefficient (Wildman–Crippen LogP) is 3.16. The SMILES string of the molecule is Cc1cc(C)c(C(C)(C)CNC(=O)O)c(C)c1. The summed E-state index contributed by atoms with van der Waals surface area (Å²) in [7, 11) is 0. The van der Waals surface area contributed by atoms with E-state index in [0.717, 1.165) is 0 Å². The lowest BCUT2D eigenvalue weighted by atomic mass is 9.79. The Hall–Kier alpha value is -1.51. The summed E-state index contributed by atoms with van der Waals surface area (Å²) >= 11 is 0. The third-order valence-electron chi connectivity index (χ3n) is 3.04. The van der Waals surface area contributed by atoms with E-state index < -0.39 is 6.09 Å². The summed E-state index contributed by atoms with van der Waals surface area (Å²) in [5, 5.41) is 11.2. The zero-order valence-corrected chi connectivity index (χ0v) is 11.2. The van der Waals surface area contributed by atoms with E-state index in [0.29, 0.717) is 6.54 Å². The van der Waals surface area contributed by atoms with E-state index in [4.69, 9.17) is 5.11 Å². The minimum absolute atomic E-state index is 0.194. The van der Waals surface area contributed by atoms with Crippen molar-refractivity contribution in [3.8, 4) is 0 Å². The quantitative estimate of drug-likeness (QED) is 0.845. The van der Waals surface area contributed by atoms with Gasteiger partial charge in [-0.05, 0) is 37.5 Å². The van der Waals surface area contributed by atoms with Gasteiger partial charge in [-0.25, -0.2) is 4.79 Å². The van der Waals surface area contributed by atoms with E-state index in [1.54, 1.807) is 0 Å². The van der Waals surface area contributed by atoms with Crippen molar-refractivity contribution in [2.45, 2.75) is 40.0 Å². The second-order valence-corrected chi connectivity index (χ2v) is 5.32. The first kappa shape index (κ1) is 13.6. The van der Waals surface area contributed by atoms with Crippen LogP contribution in [0, 0.1) is 20.8 Å². The molecule has 1 amide bonds. The number of aryl methyl sites for hydroxylation is 3. The van der Waals surface area contributed by atoms with E-state index in [2.05, 4.69) is 52.1 Å². The molecule has 0 saturated carbocycles. The van der Waals surface area contributed by atoms with Crippen LogP contribution in [0.5, 0.6) is 0 Å². The second-order valence-electron chi connectivity index (χ2n) is 5.32. The molecule has 1 aromatic carbocycles. The van der Waals surface area contributed by atoms with Gasteiger partial charge in [0.15, 0.2) is 0 Å². The average molecular weight is 235 g/mol. The number of benzene rings is 1. The summed E-state index contributed by atoms with van der Waals surface area (Å²) in [4.78, 5) is 10.6. The predicted molar refractivity (Wildman–Crippen MR) is 69.7 cm³/mol. The molecule has 3 nitrogen and oxygen atoms in total. The molecule has 2 N–H and O–H groups in total. The molecule has 0 unspecified atom stereocenters. The molecule has 0 aliphatic heterocycles. The Labute approximate surface area is 103 Å². The standard InChI is InChI=1S/C14H21NO2/c1-9-6-10(2)12(11(3)7-9)14(4,5)8-15-13(16)17/h6-7,15H,8H2,1-5H3,(H,16,17). The van der Waals surface area contributed by atoms with E-state index in [1.165, 1.54) is 22.3 Å². The Balaban J connectivity index is 3.09. The fourth-order valence-electron chi connectivity index (χ4n) is 2.63. The molecular formula is C14H21NO2. The van der Waals surface area contributed by atoms with Crippen LogP contribution in [-0.4, -0.2) is 17.7 Å². The minimum Gasteiger partial charge on any atom is -0.465 e. The van der Waals surface area contributed by atoms with Gasteiger partial charge in [-0.15, -0.1) is 0 Å². The molecular weight excluding hydrogens is 214 g/mol. The highest BCUT2D eigenvalue weighted by molar-refractivity contribution is 5.64. The molecule has 0 aliphatic rings. The molecule has 1 aromatic rings. The van der Waals surface area contributed by atoms with Crippen LogP contribution >= 0.6 is 0 Å². The van der Waals surface area contributed by atoms with Crippen molar-refractivity contribution >= 4 is 6.09 Å². The molecule has 0 aromatic heterocycles. The van der Waals surface area contributed by atoms with Crippen molar-refractivity contribution in [3.05, 3.63) is 34.4 Å². The van der Waals surface area contributed by atoms with Gasteiger partial charge in [0.25, 0.3) is 0 Å². The lowest BCUT2D eigenvalue weighted by Crippen LogP contribution is -2.36. The third-order valence-corrected chi connectivity index (χ3v) is 3.04. The van der Waals surface area contributed by atoms with Gasteiger partial charge < -0.3 is 10.4 Å². The maximum atomic E-state index is 10.6. The van der Waals surface area contributed by atoms with Gasteiger partial charge in [-0.2, -0.15) is 0 Å². The van der Waals surface area contributed by atoms with Gasteiger partial charge >= 0.3 is 6.09 Å². The van der Waals surface area contributed by atoms with Crippen molar-refractivity contribution < 1.29 is 9.90 Å². The van der Waals surface area contributed by atoms with Crippen LogP contribution in [0.2, 0.25) is 0 Å². The van der Waals surface area contributed by atoms with Crippen LogP contribution in [0.4, 0.5) is 4.79 Å². The number of nitrogens with one attached hydrogen (secondary N) is 1. The summed E-state index contributed by atoms with van der Waals surface area (Å²) in [6.45, 7) is 10.8. The Morgan fingerprint density at radius 2 is 1.71 bits per heavy atom. The largest absolute Gasteiger partial charge is 0.465 e. The highest BCUT2D eigenvalue weighted by Gasteiger charge is 2.25. The van der Waals surface area contributed by atoms with Gasteiger partial charge in [0.05, 0.1) is 0 Å². The molecule has 0 heterocycles. The highest BCUT2D eigenvalue weighted by Crippen LogP contribution is 2.29. The maximum Gasteiger partial charge on any atom is 0.404 e. The maximum absolute atomic E-state index is 10.6. The van der Waals surface area contributed by atoms with Gasteiger partial charge in [-0.3, -0.25) is 0 Å². The number of hydrogen-bond acceptors (Lipinski definition) is 1. The Morgan fingerprint density at radius 1 is 1.24 bits per heavy atom. The Morgan fingerprint density at radius 3 is 2.12 bits per heavy atom. The first-order valence-corrected chi connectivity index (χ1v) is 5.79. The molecule has 0 aliphatic carbocycles. The molecule has 17 heavy (non-hydrogen) atoms. The fraction of sp³-hybridized carbons (Fsp3) is 0.500. The smallest absolute Gasteiger partial charge is 0.404 e. The highest BCUT2D eigenvalue weighted by atomic mass is 16.4. The molecule has 1 rings (SSSR count). The number of hydrogen-bond donors (Lipinski definition) is 2.